The van der Waals surface area contributed by atoms with Crippen molar-refractivity contribution in [3.63, 3.8) is 0 Å². The fourth-order valence-corrected chi connectivity index (χ4v) is 1.95. The average molecular weight is 276 g/mol. The molecular weight excluding hydrogens is 265 g/mol. The van der Waals surface area contributed by atoms with E-state index in [4.69, 9.17) is 5.26 Å². The monoisotopic (exact) mass is 276 g/mol. The van der Waals surface area contributed by atoms with Gasteiger partial charge < -0.3 is 4.90 Å². The van der Waals surface area contributed by atoms with Crippen molar-refractivity contribution < 1.29 is 13.2 Å². The third-order valence-corrected chi connectivity index (χ3v) is 2.93. The summed E-state index contributed by atoms with van der Waals surface area (Å²) in [6, 6.07) is 9.60. The smallest absolute Gasteiger partial charge is 0.183 e. The third-order valence-electron chi connectivity index (χ3n) is 2.93. The van der Waals surface area contributed by atoms with Crippen LogP contribution in [0.5, 0.6) is 0 Å². The first-order chi connectivity index (χ1) is 9.58. The second kappa shape index (κ2) is 5.66. The van der Waals surface area contributed by atoms with Crippen LogP contribution in [0.3, 0.4) is 0 Å². The van der Waals surface area contributed by atoms with E-state index in [1.54, 1.807) is 13.0 Å². The van der Waals surface area contributed by atoms with Crippen molar-refractivity contribution in [1.29, 1.82) is 5.26 Å². The van der Waals surface area contributed by atoms with Crippen LogP contribution in [-0.4, -0.2) is 6.54 Å². The summed E-state index contributed by atoms with van der Waals surface area (Å²) in [6.07, 6.45) is 0. The Hall–Kier alpha value is -2.48. The Balaban J connectivity index is 2.50. The zero-order valence-electron chi connectivity index (χ0n) is 10.7. The van der Waals surface area contributed by atoms with E-state index in [2.05, 4.69) is 0 Å². The van der Waals surface area contributed by atoms with Gasteiger partial charge in [-0.2, -0.15) is 5.26 Å². The molecule has 0 heterocycles. The van der Waals surface area contributed by atoms with Gasteiger partial charge in [0.2, 0.25) is 0 Å². The summed E-state index contributed by atoms with van der Waals surface area (Å²) in [5, 5.41) is 8.67. The Labute approximate surface area is 114 Å². The first-order valence-corrected chi connectivity index (χ1v) is 5.99. The standard InChI is InChI=1S/C15H11F3N2/c1-2-20(12-6-4-11(16)5-7-12)13-8-3-10(9-19)14(17)15(13)18/h3-8H,2H2,1H3. The highest BCUT2D eigenvalue weighted by Crippen LogP contribution is 2.30. The lowest BCUT2D eigenvalue weighted by Gasteiger charge is -2.24. The van der Waals surface area contributed by atoms with E-state index in [9.17, 15) is 13.2 Å². The largest absolute Gasteiger partial charge is 0.339 e. The summed E-state index contributed by atoms with van der Waals surface area (Å²) in [4.78, 5) is 1.50. The minimum Gasteiger partial charge on any atom is -0.339 e. The van der Waals surface area contributed by atoms with Crippen LogP contribution in [0.1, 0.15) is 12.5 Å². The van der Waals surface area contributed by atoms with Crippen molar-refractivity contribution in [3.05, 3.63) is 59.4 Å². The molecule has 0 saturated heterocycles. The van der Waals surface area contributed by atoms with Gasteiger partial charge in [-0.05, 0) is 43.3 Å². The van der Waals surface area contributed by atoms with Gasteiger partial charge in [-0.3, -0.25) is 0 Å². The molecule has 0 aromatic heterocycles. The van der Waals surface area contributed by atoms with E-state index in [-0.39, 0.29) is 11.3 Å². The molecule has 0 aliphatic heterocycles. The molecule has 2 rings (SSSR count). The molecule has 5 heteroatoms. The molecule has 2 nitrogen and oxygen atoms in total. The van der Waals surface area contributed by atoms with Gasteiger partial charge in [0.15, 0.2) is 11.6 Å². The summed E-state index contributed by atoms with van der Waals surface area (Å²) in [6.45, 7) is 2.13. The van der Waals surface area contributed by atoms with Gasteiger partial charge in [-0.1, -0.05) is 0 Å². The molecule has 0 spiro atoms. The predicted molar refractivity (Wildman–Crippen MR) is 70.2 cm³/mol. The van der Waals surface area contributed by atoms with Crippen LogP contribution in [0, 0.1) is 28.8 Å². The summed E-state index contributed by atoms with van der Waals surface area (Å²) < 4.78 is 40.6. The van der Waals surface area contributed by atoms with Gasteiger partial charge in [0.25, 0.3) is 0 Å². The van der Waals surface area contributed by atoms with Gasteiger partial charge in [0, 0.05) is 12.2 Å². The number of hydrogen-bond acceptors (Lipinski definition) is 2. The number of nitriles is 1. The molecule has 0 amide bonds. The Morgan fingerprint density at radius 3 is 2.20 bits per heavy atom. The zero-order valence-corrected chi connectivity index (χ0v) is 10.7. The van der Waals surface area contributed by atoms with Gasteiger partial charge in [0.05, 0.1) is 11.3 Å². The Kier molecular flexibility index (Phi) is 3.94. The van der Waals surface area contributed by atoms with Gasteiger partial charge in [-0.25, -0.2) is 13.2 Å². The summed E-state index contributed by atoms with van der Waals surface area (Å²) in [7, 11) is 0. The van der Waals surface area contributed by atoms with E-state index < -0.39 is 17.5 Å². The van der Waals surface area contributed by atoms with Crippen molar-refractivity contribution in [2.24, 2.45) is 0 Å². The number of hydrogen-bond donors (Lipinski definition) is 0. The second-order valence-corrected chi connectivity index (χ2v) is 4.09. The molecular formula is C15H11F3N2. The van der Waals surface area contributed by atoms with E-state index in [1.807, 2.05) is 0 Å². The lowest BCUT2D eigenvalue weighted by Crippen LogP contribution is -2.18. The second-order valence-electron chi connectivity index (χ2n) is 4.09. The van der Waals surface area contributed by atoms with Gasteiger partial charge in [-0.15, -0.1) is 0 Å². The summed E-state index contributed by atoms with van der Waals surface area (Å²) >= 11 is 0. The Morgan fingerprint density at radius 2 is 1.65 bits per heavy atom. The van der Waals surface area contributed by atoms with Crippen LogP contribution in [0.15, 0.2) is 36.4 Å². The van der Waals surface area contributed by atoms with Crippen molar-refractivity contribution in [2.45, 2.75) is 6.92 Å². The van der Waals surface area contributed by atoms with Crippen LogP contribution in [-0.2, 0) is 0 Å². The fraction of sp³-hybridized carbons (Fsp3) is 0.133. The molecule has 2 aromatic rings. The van der Waals surface area contributed by atoms with E-state index in [1.165, 1.54) is 41.3 Å². The maximum atomic E-state index is 14.0. The van der Waals surface area contributed by atoms with E-state index in [0.717, 1.165) is 0 Å². The summed E-state index contributed by atoms with van der Waals surface area (Å²) in [5.41, 5.74) is 0.203. The number of anilines is 2. The minimum atomic E-state index is -1.18. The fourth-order valence-electron chi connectivity index (χ4n) is 1.95. The van der Waals surface area contributed by atoms with E-state index in [0.29, 0.717) is 12.2 Å². The quantitative estimate of drug-likeness (QED) is 0.842. The van der Waals surface area contributed by atoms with E-state index >= 15 is 0 Å². The van der Waals surface area contributed by atoms with Crippen molar-refractivity contribution >= 4 is 11.4 Å². The maximum absolute atomic E-state index is 14.0. The molecule has 0 unspecified atom stereocenters. The van der Waals surface area contributed by atoms with Crippen LogP contribution in [0.25, 0.3) is 0 Å². The molecule has 0 atom stereocenters. The molecule has 0 radical (unpaired) electrons. The van der Waals surface area contributed by atoms with Crippen molar-refractivity contribution in [2.75, 3.05) is 11.4 Å². The lowest BCUT2D eigenvalue weighted by atomic mass is 10.1. The van der Waals surface area contributed by atoms with Crippen molar-refractivity contribution in [1.82, 2.24) is 0 Å². The first kappa shape index (κ1) is 13.9. The zero-order chi connectivity index (χ0) is 14.7. The molecule has 102 valence electrons. The molecule has 0 saturated carbocycles. The maximum Gasteiger partial charge on any atom is 0.183 e. The molecule has 20 heavy (non-hydrogen) atoms. The molecule has 0 N–H and O–H groups in total. The predicted octanol–water partition coefficient (Wildman–Crippen LogP) is 4.13. The molecule has 0 aliphatic rings. The highest BCUT2D eigenvalue weighted by molar-refractivity contribution is 5.64. The van der Waals surface area contributed by atoms with Gasteiger partial charge >= 0.3 is 0 Å². The number of halogens is 3. The third kappa shape index (κ3) is 2.45. The minimum absolute atomic E-state index is 0.00982. The lowest BCUT2D eigenvalue weighted by molar-refractivity contribution is 0.506. The number of nitrogens with zero attached hydrogens (tertiary/aromatic N) is 2. The normalized spacial score (nSPS) is 10.2. The number of benzene rings is 2. The topological polar surface area (TPSA) is 27.0 Å². The van der Waals surface area contributed by atoms with Crippen LogP contribution >= 0.6 is 0 Å². The average Bonchev–Trinajstić information content (AvgIpc) is 2.46. The molecule has 2 aromatic carbocycles. The van der Waals surface area contributed by atoms with Crippen LogP contribution in [0.4, 0.5) is 24.5 Å². The Bertz CT molecular complexity index is 660. The molecule has 0 bridgehead atoms. The highest BCUT2D eigenvalue weighted by atomic mass is 19.2. The summed E-state index contributed by atoms with van der Waals surface area (Å²) in [5.74, 6) is -2.67. The van der Waals surface area contributed by atoms with Crippen molar-refractivity contribution in [3.8, 4) is 6.07 Å². The highest BCUT2D eigenvalue weighted by Gasteiger charge is 2.18. The molecule has 0 aliphatic carbocycles. The molecule has 0 fully saturated rings. The van der Waals surface area contributed by atoms with Crippen LogP contribution in [0.2, 0.25) is 0 Å². The van der Waals surface area contributed by atoms with Gasteiger partial charge in [0.1, 0.15) is 11.9 Å². The first-order valence-electron chi connectivity index (χ1n) is 5.99. The number of rotatable bonds is 3. The SMILES string of the molecule is CCN(c1ccc(F)cc1)c1ccc(C#N)c(F)c1F. The van der Waals surface area contributed by atoms with Crippen LogP contribution < -0.4 is 4.90 Å². The Morgan fingerprint density at radius 1 is 1.00 bits per heavy atom.